The zero-order valence-electron chi connectivity index (χ0n) is 17.2. The first-order chi connectivity index (χ1) is 12.1. The van der Waals surface area contributed by atoms with Crippen molar-refractivity contribution in [2.75, 3.05) is 6.61 Å². The topological polar surface area (TPSA) is 46.2 Å². The minimum atomic E-state index is -1.50. The van der Waals surface area contributed by atoms with Crippen LogP contribution in [-0.4, -0.2) is 38.7 Å². The van der Waals surface area contributed by atoms with Gasteiger partial charge in [-0.3, -0.25) is 0 Å². The molecule has 5 nitrogen and oxygen atoms in total. The normalized spacial score (nSPS) is 51.0. The first kappa shape index (κ1) is 19.3. The molecule has 1 spiro atoms. The van der Waals surface area contributed by atoms with Gasteiger partial charge in [0.15, 0.2) is 20.2 Å². The number of hydrogen-bond donors (Lipinski definition) is 0. The molecule has 0 aromatic rings. The molecule has 5 aliphatic rings. The Hall–Kier alpha value is 0.0169. The van der Waals surface area contributed by atoms with E-state index in [0.29, 0.717) is 23.7 Å². The summed E-state index contributed by atoms with van der Waals surface area (Å²) >= 11 is 0. The summed E-state index contributed by atoms with van der Waals surface area (Å²) in [5, 5.41) is 0. The molecule has 0 N–H and O–H groups in total. The Balaban J connectivity index is 1.58. The van der Waals surface area contributed by atoms with Crippen molar-refractivity contribution < 1.29 is 23.7 Å². The van der Waals surface area contributed by atoms with E-state index < -0.39 is 19.7 Å². The van der Waals surface area contributed by atoms with Crippen LogP contribution in [0.1, 0.15) is 52.9 Å². The summed E-state index contributed by atoms with van der Waals surface area (Å²) in [7, 11) is -1.50. The summed E-state index contributed by atoms with van der Waals surface area (Å²) in [5.74, 6) is 1.21. The van der Waals surface area contributed by atoms with Crippen LogP contribution < -0.4 is 0 Å². The molecule has 2 bridgehead atoms. The molecule has 6 heteroatoms. The molecule has 0 amide bonds. The molecule has 4 heterocycles. The summed E-state index contributed by atoms with van der Waals surface area (Å²) in [6.07, 6.45) is 5.13. The Morgan fingerprint density at radius 3 is 2.54 bits per heavy atom. The molecule has 0 aromatic heterocycles. The van der Waals surface area contributed by atoms with Crippen molar-refractivity contribution in [3.63, 3.8) is 0 Å². The van der Waals surface area contributed by atoms with Gasteiger partial charge < -0.3 is 13.9 Å². The van der Waals surface area contributed by atoms with Gasteiger partial charge in [0.1, 0.15) is 0 Å². The minimum Gasteiger partial charge on any atom is -0.418 e. The van der Waals surface area contributed by atoms with Crippen molar-refractivity contribution in [3.8, 4) is 0 Å². The van der Waals surface area contributed by atoms with E-state index in [9.17, 15) is 0 Å². The number of hydrogen-bond acceptors (Lipinski definition) is 5. The fourth-order valence-electron chi connectivity index (χ4n) is 5.79. The van der Waals surface area contributed by atoms with Gasteiger partial charge in [-0.2, -0.15) is 0 Å². The van der Waals surface area contributed by atoms with Gasteiger partial charge in [0.05, 0.1) is 6.10 Å². The average Bonchev–Trinajstić information content (AvgIpc) is 2.77. The summed E-state index contributed by atoms with van der Waals surface area (Å²) in [4.78, 5) is 12.1. The predicted molar refractivity (Wildman–Crippen MR) is 101 cm³/mol. The SMILES string of the molecule is C[C@H]1[C@@H](CCO[Si](C)(C)C)O[C@@H]2O[C@]3(C)CCC4[C@H](C)CC[C@@H]1[C@]42OO3. The maximum atomic E-state index is 6.58. The summed E-state index contributed by atoms with van der Waals surface area (Å²) in [6.45, 7) is 14.1. The summed E-state index contributed by atoms with van der Waals surface area (Å²) in [5.41, 5.74) is -0.441. The van der Waals surface area contributed by atoms with E-state index in [1.807, 2.05) is 6.92 Å². The highest BCUT2D eigenvalue weighted by molar-refractivity contribution is 6.69. The summed E-state index contributed by atoms with van der Waals surface area (Å²) < 4.78 is 19.1. The second-order valence-corrected chi connectivity index (χ2v) is 14.7. The standard InChI is InChI=1S/C20H36O5Si/c1-13-7-8-16-14(2)17(10-12-21-26(4,5)6)22-18-20(16)15(13)9-11-19(3,23-18)24-25-20/h13-18H,7-12H2,1-6H3/t13-,14-,15?,16+,17-,18-,19+,20-/m1/s1. The maximum absolute atomic E-state index is 6.58. The molecule has 26 heavy (non-hydrogen) atoms. The van der Waals surface area contributed by atoms with Crippen LogP contribution >= 0.6 is 0 Å². The lowest BCUT2D eigenvalue weighted by Gasteiger charge is -2.60. The van der Waals surface area contributed by atoms with Crippen LogP contribution in [0.3, 0.4) is 0 Å². The molecule has 1 saturated carbocycles. The fraction of sp³-hybridized carbons (Fsp3) is 1.00. The highest BCUT2D eigenvalue weighted by Crippen LogP contribution is 2.60. The first-order valence-corrected chi connectivity index (χ1v) is 13.9. The third kappa shape index (κ3) is 3.10. The second kappa shape index (κ2) is 6.53. The predicted octanol–water partition coefficient (Wildman–Crippen LogP) is 4.48. The molecule has 150 valence electrons. The van der Waals surface area contributed by atoms with Gasteiger partial charge in [-0.05, 0) is 70.0 Å². The minimum absolute atomic E-state index is 0.160. The van der Waals surface area contributed by atoms with Crippen LogP contribution in [0.25, 0.3) is 0 Å². The first-order valence-electron chi connectivity index (χ1n) is 10.5. The molecule has 5 rings (SSSR count). The van der Waals surface area contributed by atoms with Crippen molar-refractivity contribution in [1.29, 1.82) is 0 Å². The van der Waals surface area contributed by atoms with Crippen molar-refractivity contribution >= 4 is 8.32 Å². The maximum Gasteiger partial charge on any atom is 0.201 e. The van der Waals surface area contributed by atoms with Crippen LogP contribution in [0.5, 0.6) is 0 Å². The van der Waals surface area contributed by atoms with Gasteiger partial charge in [-0.15, -0.1) is 0 Å². The van der Waals surface area contributed by atoms with Crippen molar-refractivity contribution in [1.82, 2.24) is 0 Å². The summed E-state index contributed by atoms with van der Waals surface area (Å²) in [6, 6.07) is 0. The van der Waals surface area contributed by atoms with E-state index in [-0.39, 0.29) is 12.4 Å². The third-order valence-electron chi connectivity index (χ3n) is 7.23. The molecule has 1 aliphatic carbocycles. The lowest BCUT2D eigenvalue weighted by molar-refractivity contribution is -0.571. The Bertz CT molecular complexity index is 537. The van der Waals surface area contributed by atoms with Crippen LogP contribution in [0.2, 0.25) is 19.6 Å². The van der Waals surface area contributed by atoms with Crippen molar-refractivity contribution in [3.05, 3.63) is 0 Å². The molecule has 0 aromatic carbocycles. The van der Waals surface area contributed by atoms with Crippen LogP contribution in [-0.2, 0) is 23.7 Å². The monoisotopic (exact) mass is 384 g/mol. The molecule has 4 saturated heterocycles. The molecular weight excluding hydrogens is 348 g/mol. The molecule has 1 unspecified atom stereocenters. The van der Waals surface area contributed by atoms with E-state index in [1.54, 1.807) is 0 Å². The van der Waals surface area contributed by atoms with E-state index in [0.717, 1.165) is 32.3 Å². The van der Waals surface area contributed by atoms with Gasteiger partial charge in [0, 0.05) is 18.9 Å². The van der Waals surface area contributed by atoms with E-state index >= 15 is 0 Å². The van der Waals surface area contributed by atoms with E-state index in [2.05, 4.69) is 33.5 Å². The fourth-order valence-corrected chi connectivity index (χ4v) is 6.52. The van der Waals surface area contributed by atoms with Crippen LogP contribution in [0.15, 0.2) is 0 Å². The molecule has 5 fully saturated rings. The van der Waals surface area contributed by atoms with Crippen LogP contribution in [0, 0.1) is 23.7 Å². The van der Waals surface area contributed by atoms with Gasteiger partial charge >= 0.3 is 0 Å². The molecular formula is C20H36O5Si. The molecule has 4 aliphatic heterocycles. The Morgan fingerprint density at radius 2 is 1.81 bits per heavy atom. The number of fused-ring (bicyclic) bond motifs is 2. The lowest BCUT2D eigenvalue weighted by atomic mass is 9.57. The zero-order valence-corrected chi connectivity index (χ0v) is 18.2. The Kier molecular flexibility index (Phi) is 4.86. The number of ether oxygens (including phenoxy) is 2. The van der Waals surface area contributed by atoms with E-state index in [4.69, 9.17) is 23.7 Å². The molecule has 8 atom stereocenters. The van der Waals surface area contributed by atoms with Crippen molar-refractivity contribution in [2.24, 2.45) is 23.7 Å². The Labute approximate surface area is 159 Å². The van der Waals surface area contributed by atoms with Gasteiger partial charge in [-0.1, -0.05) is 13.8 Å². The van der Waals surface area contributed by atoms with Gasteiger partial charge in [-0.25, -0.2) is 9.78 Å². The molecule has 0 radical (unpaired) electrons. The number of rotatable bonds is 4. The largest absolute Gasteiger partial charge is 0.418 e. The highest BCUT2D eigenvalue weighted by Gasteiger charge is 2.69. The second-order valence-electron chi connectivity index (χ2n) is 10.2. The van der Waals surface area contributed by atoms with E-state index in [1.165, 1.54) is 6.42 Å². The van der Waals surface area contributed by atoms with Gasteiger partial charge in [0.2, 0.25) is 5.79 Å². The van der Waals surface area contributed by atoms with Crippen LogP contribution in [0.4, 0.5) is 0 Å². The van der Waals surface area contributed by atoms with Crippen molar-refractivity contribution in [2.45, 2.75) is 96.3 Å². The lowest BCUT2D eigenvalue weighted by Crippen LogP contribution is -2.70. The quantitative estimate of drug-likeness (QED) is 0.528. The average molecular weight is 385 g/mol. The third-order valence-corrected chi connectivity index (χ3v) is 8.30. The zero-order chi connectivity index (χ0) is 18.7. The smallest absolute Gasteiger partial charge is 0.201 e. The Morgan fingerprint density at radius 1 is 1.04 bits per heavy atom. The highest BCUT2D eigenvalue weighted by atomic mass is 28.4. The van der Waals surface area contributed by atoms with Gasteiger partial charge in [0.25, 0.3) is 0 Å².